The van der Waals surface area contributed by atoms with E-state index in [2.05, 4.69) is 9.47 Å². The number of esters is 1. The van der Waals surface area contributed by atoms with Gasteiger partial charge in [0.2, 0.25) is 11.5 Å². The Morgan fingerprint density at radius 2 is 1.83 bits per heavy atom. The molecule has 10 nitrogen and oxygen atoms in total. The van der Waals surface area contributed by atoms with Crippen molar-refractivity contribution in [2.45, 2.75) is 12.8 Å². The second-order valence-corrected chi connectivity index (χ2v) is 4.12. The summed E-state index contributed by atoms with van der Waals surface area (Å²) in [4.78, 5) is 34.8. The Balaban J connectivity index is 3.56. The Kier molecular flexibility index (Phi) is 6.54. The van der Waals surface area contributed by atoms with Crippen molar-refractivity contribution in [2.24, 2.45) is 0 Å². The van der Waals surface area contributed by atoms with Gasteiger partial charge in [0.25, 0.3) is 5.43 Å². The van der Waals surface area contributed by atoms with Crippen LogP contribution in [0.5, 0.6) is 11.5 Å². The van der Waals surface area contributed by atoms with Gasteiger partial charge >= 0.3 is 12.1 Å². The number of methoxy groups -OCH3 is 4. The fourth-order valence-electron chi connectivity index (χ4n) is 1.83. The highest BCUT2D eigenvalue weighted by Gasteiger charge is 2.26. The molecule has 0 aliphatic rings. The zero-order chi connectivity index (χ0) is 17.6. The van der Waals surface area contributed by atoms with Crippen LogP contribution >= 0.6 is 0 Å². The lowest BCUT2D eigenvalue weighted by atomic mass is 10.2. The molecule has 0 aliphatic carbocycles. The lowest BCUT2D eigenvalue weighted by Crippen LogP contribution is -2.28. The molecule has 128 valence electrons. The molecule has 0 radical (unpaired) electrons. The number of nitrogens with zero attached hydrogens (tertiary/aromatic N) is 1. The summed E-state index contributed by atoms with van der Waals surface area (Å²) in [7, 11) is 5.03. The van der Waals surface area contributed by atoms with E-state index in [0.717, 1.165) is 20.4 Å². The summed E-state index contributed by atoms with van der Waals surface area (Å²) in [5.74, 6) is -1.80. The molecule has 1 heterocycles. The van der Waals surface area contributed by atoms with Crippen LogP contribution in [0.1, 0.15) is 10.5 Å². The average Bonchev–Trinajstić information content (AvgIpc) is 2.53. The van der Waals surface area contributed by atoms with Gasteiger partial charge in [0.05, 0.1) is 27.0 Å². The Bertz CT molecular complexity index is 633. The third kappa shape index (κ3) is 4.20. The van der Waals surface area contributed by atoms with Gasteiger partial charge in [0.15, 0.2) is 12.0 Å². The molecule has 1 aromatic rings. The molecular formula is C13H17NO9. The van der Waals surface area contributed by atoms with Gasteiger partial charge in [-0.15, -0.1) is 0 Å². The number of rotatable bonds is 7. The highest BCUT2D eigenvalue weighted by Crippen LogP contribution is 2.20. The highest BCUT2D eigenvalue weighted by atomic mass is 16.7. The number of carboxylic acid groups (broad SMARTS) is 1. The van der Waals surface area contributed by atoms with Gasteiger partial charge in [-0.1, -0.05) is 0 Å². The van der Waals surface area contributed by atoms with E-state index in [9.17, 15) is 14.4 Å². The number of ether oxygens (including phenoxy) is 5. The first-order chi connectivity index (χ1) is 10.9. The van der Waals surface area contributed by atoms with Gasteiger partial charge in [0.1, 0.15) is 0 Å². The largest absolute Gasteiger partial charge is 0.511 e. The first-order valence-corrected chi connectivity index (χ1v) is 6.25. The third-order valence-corrected chi connectivity index (χ3v) is 2.86. The predicted octanol–water partition coefficient (Wildman–Crippen LogP) is 0.319. The Hall–Kier alpha value is -2.59. The Morgan fingerprint density at radius 3 is 2.26 bits per heavy atom. The van der Waals surface area contributed by atoms with Crippen LogP contribution in [-0.4, -0.2) is 56.5 Å². The fraction of sp³-hybridized carbons (Fsp3) is 0.462. The van der Waals surface area contributed by atoms with Gasteiger partial charge in [-0.3, -0.25) is 4.79 Å². The van der Waals surface area contributed by atoms with Crippen LogP contribution in [-0.2, 0) is 20.8 Å². The molecule has 0 amide bonds. The van der Waals surface area contributed by atoms with Crippen molar-refractivity contribution >= 4 is 12.1 Å². The first kappa shape index (κ1) is 18.5. The van der Waals surface area contributed by atoms with Crippen LogP contribution in [0.2, 0.25) is 0 Å². The number of aromatic nitrogens is 1. The van der Waals surface area contributed by atoms with E-state index in [1.54, 1.807) is 0 Å². The summed E-state index contributed by atoms with van der Waals surface area (Å²) in [6.45, 7) is -0.0515. The lowest BCUT2D eigenvalue weighted by molar-refractivity contribution is -0.111. The van der Waals surface area contributed by atoms with Crippen LogP contribution in [0, 0.1) is 0 Å². The van der Waals surface area contributed by atoms with Crippen LogP contribution < -0.4 is 14.9 Å². The van der Waals surface area contributed by atoms with Crippen molar-refractivity contribution < 1.29 is 38.4 Å². The molecule has 1 rings (SSSR count). The van der Waals surface area contributed by atoms with Gasteiger partial charge in [-0.2, -0.15) is 0 Å². The standard InChI is InChI=1S/C13H17NO9/c1-19-8(20-2)6-14-5-7(23-13(17)18)10(15)11(21-3)9(14)12(16)22-4/h5,8H,6H2,1-4H3,(H,17,18). The monoisotopic (exact) mass is 331 g/mol. The molecule has 23 heavy (non-hydrogen) atoms. The predicted molar refractivity (Wildman–Crippen MR) is 75.1 cm³/mol. The molecule has 0 fully saturated rings. The fourth-order valence-corrected chi connectivity index (χ4v) is 1.83. The van der Waals surface area contributed by atoms with Gasteiger partial charge < -0.3 is 33.4 Å². The van der Waals surface area contributed by atoms with Crippen molar-refractivity contribution in [2.75, 3.05) is 28.4 Å². The number of carbonyl (C=O) groups is 2. The zero-order valence-electron chi connectivity index (χ0n) is 13.0. The van der Waals surface area contributed by atoms with Crippen LogP contribution in [0.4, 0.5) is 4.79 Å². The first-order valence-electron chi connectivity index (χ1n) is 6.25. The summed E-state index contributed by atoms with van der Waals surface area (Å²) in [6, 6.07) is 0. The molecule has 0 bridgehead atoms. The van der Waals surface area contributed by atoms with Crippen molar-refractivity contribution in [3.05, 3.63) is 22.1 Å². The minimum Gasteiger partial charge on any atom is -0.490 e. The van der Waals surface area contributed by atoms with Crippen LogP contribution in [0.3, 0.4) is 0 Å². The number of carbonyl (C=O) groups excluding carboxylic acids is 1. The molecule has 0 aromatic carbocycles. The van der Waals surface area contributed by atoms with Crippen molar-refractivity contribution in [3.8, 4) is 11.5 Å². The lowest BCUT2D eigenvalue weighted by Gasteiger charge is -2.20. The topological polar surface area (TPSA) is 123 Å². The summed E-state index contributed by atoms with van der Waals surface area (Å²) < 4.78 is 25.2. The Morgan fingerprint density at radius 1 is 1.22 bits per heavy atom. The van der Waals surface area contributed by atoms with E-state index >= 15 is 0 Å². The van der Waals surface area contributed by atoms with Gasteiger partial charge in [0, 0.05) is 14.2 Å². The minimum absolute atomic E-state index is 0.0515. The summed E-state index contributed by atoms with van der Waals surface area (Å²) in [5.41, 5.74) is -1.13. The van der Waals surface area contributed by atoms with Gasteiger partial charge in [-0.25, -0.2) is 9.59 Å². The van der Waals surface area contributed by atoms with E-state index in [1.807, 2.05) is 0 Å². The second kappa shape index (κ2) is 8.15. The van der Waals surface area contributed by atoms with Crippen molar-refractivity contribution in [3.63, 3.8) is 0 Å². The van der Waals surface area contributed by atoms with Crippen molar-refractivity contribution in [1.82, 2.24) is 4.57 Å². The molecule has 10 heteroatoms. The van der Waals surface area contributed by atoms with Crippen molar-refractivity contribution in [1.29, 1.82) is 0 Å². The molecule has 0 saturated heterocycles. The van der Waals surface area contributed by atoms with Crippen LogP contribution in [0.25, 0.3) is 0 Å². The molecule has 1 N–H and O–H groups in total. The maximum Gasteiger partial charge on any atom is 0.511 e. The van der Waals surface area contributed by atoms with Gasteiger partial charge in [-0.05, 0) is 0 Å². The molecule has 0 spiro atoms. The maximum absolute atomic E-state index is 12.2. The number of hydrogen-bond donors (Lipinski definition) is 1. The van der Waals surface area contributed by atoms with E-state index in [-0.39, 0.29) is 12.2 Å². The van der Waals surface area contributed by atoms with E-state index in [0.29, 0.717) is 0 Å². The van der Waals surface area contributed by atoms with E-state index < -0.39 is 35.3 Å². The average molecular weight is 331 g/mol. The summed E-state index contributed by atoms with van der Waals surface area (Å²) >= 11 is 0. The van der Waals surface area contributed by atoms with Crippen LogP contribution in [0.15, 0.2) is 11.0 Å². The quantitative estimate of drug-likeness (QED) is 0.555. The molecule has 0 unspecified atom stereocenters. The number of pyridine rings is 1. The van der Waals surface area contributed by atoms with E-state index in [4.69, 9.17) is 19.3 Å². The molecular weight excluding hydrogens is 314 g/mol. The van der Waals surface area contributed by atoms with E-state index in [1.165, 1.54) is 18.8 Å². The molecule has 0 atom stereocenters. The minimum atomic E-state index is -1.68. The SMILES string of the molecule is COC(=O)c1c(OC)c(=O)c(OC(=O)O)cn1CC(OC)OC. The normalized spacial score (nSPS) is 10.5. The molecule has 0 saturated carbocycles. The highest BCUT2D eigenvalue weighted by molar-refractivity contribution is 5.90. The number of hydrogen-bond acceptors (Lipinski definition) is 8. The smallest absolute Gasteiger partial charge is 0.490 e. The summed E-state index contributed by atoms with van der Waals surface area (Å²) in [5, 5.41) is 8.69. The molecule has 0 aliphatic heterocycles. The molecule has 1 aromatic heterocycles. The maximum atomic E-state index is 12.2. The summed E-state index contributed by atoms with van der Waals surface area (Å²) in [6.07, 6.45) is -1.42. The Labute approximate surface area is 131 Å². The second-order valence-electron chi connectivity index (χ2n) is 4.12. The zero-order valence-corrected chi connectivity index (χ0v) is 13.0. The third-order valence-electron chi connectivity index (χ3n) is 2.86.